The number of fused-ring (bicyclic) bond motifs is 1. The summed E-state index contributed by atoms with van der Waals surface area (Å²) in [6, 6.07) is 14.4. The summed E-state index contributed by atoms with van der Waals surface area (Å²) in [4.78, 5) is 27.3. The van der Waals surface area contributed by atoms with Crippen LogP contribution in [0.4, 0.5) is 5.69 Å². The van der Waals surface area contributed by atoms with Gasteiger partial charge in [-0.25, -0.2) is 4.79 Å². The lowest BCUT2D eigenvalue weighted by Crippen LogP contribution is -2.15. The zero-order valence-corrected chi connectivity index (χ0v) is 11.5. The van der Waals surface area contributed by atoms with Gasteiger partial charge in [0.1, 0.15) is 0 Å². The SMILES string of the molecule is O=C(Nc1cnccc1C(=O)O)c1ccc2ccccc2c1. The molecule has 22 heavy (non-hydrogen) atoms. The Morgan fingerprint density at radius 2 is 1.77 bits per heavy atom. The van der Waals surface area contributed by atoms with E-state index in [0.717, 1.165) is 10.8 Å². The molecule has 0 aliphatic heterocycles. The summed E-state index contributed by atoms with van der Waals surface area (Å²) >= 11 is 0. The van der Waals surface area contributed by atoms with Crippen LogP contribution < -0.4 is 5.32 Å². The number of carboxylic acid groups (broad SMARTS) is 1. The maximum Gasteiger partial charge on any atom is 0.337 e. The molecule has 2 N–H and O–H groups in total. The second kappa shape index (κ2) is 5.65. The summed E-state index contributed by atoms with van der Waals surface area (Å²) in [6.07, 6.45) is 2.69. The van der Waals surface area contributed by atoms with Crippen LogP contribution in [0.15, 0.2) is 60.9 Å². The molecule has 0 aliphatic carbocycles. The molecule has 0 spiro atoms. The molecule has 108 valence electrons. The number of carbonyl (C=O) groups excluding carboxylic acids is 1. The number of nitrogens with zero attached hydrogens (tertiary/aromatic N) is 1. The maximum atomic E-state index is 12.3. The van der Waals surface area contributed by atoms with Crippen molar-refractivity contribution in [3.8, 4) is 0 Å². The van der Waals surface area contributed by atoms with Crippen LogP contribution in [-0.2, 0) is 0 Å². The molecule has 0 radical (unpaired) electrons. The Kier molecular flexibility index (Phi) is 3.53. The van der Waals surface area contributed by atoms with Gasteiger partial charge in [0.2, 0.25) is 0 Å². The number of pyridine rings is 1. The second-order valence-electron chi connectivity index (χ2n) is 4.74. The van der Waals surface area contributed by atoms with E-state index in [-0.39, 0.29) is 17.2 Å². The van der Waals surface area contributed by atoms with Crippen molar-refractivity contribution in [1.82, 2.24) is 4.98 Å². The number of hydrogen-bond donors (Lipinski definition) is 2. The monoisotopic (exact) mass is 292 g/mol. The molecular formula is C17H12N2O3. The van der Waals surface area contributed by atoms with E-state index in [0.29, 0.717) is 5.56 Å². The molecule has 5 nitrogen and oxygen atoms in total. The number of nitrogens with one attached hydrogen (secondary N) is 1. The highest BCUT2D eigenvalue weighted by Crippen LogP contribution is 2.18. The highest BCUT2D eigenvalue weighted by atomic mass is 16.4. The summed E-state index contributed by atoms with van der Waals surface area (Å²) in [5.41, 5.74) is 0.635. The highest BCUT2D eigenvalue weighted by molar-refractivity contribution is 6.09. The number of aromatic carboxylic acids is 1. The molecule has 1 aromatic heterocycles. The van der Waals surface area contributed by atoms with Crippen LogP contribution in [0.3, 0.4) is 0 Å². The molecule has 0 saturated heterocycles. The lowest BCUT2D eigenvalue weighted by atomic mass is 10.1. The van der Waals surface area contributed by atoms with Crippen LogP contribution in [0.25, 0.3) is 10.8 Å². The van der Waals surface area contributed by atoms with Gasteiger partial charge in [-0.05, 0) is 29.0 Å². The van der Waals surface area contributed by atoms with Gasteiger partial charge in [-0.1, -0.05) is 30.3 Å². The van der Waals surface area contributed by atoms with E-state index in [1.807, 2.05) is 30.3 Å². The van der Waals surface area contributed by atoms with Gasteiger partial charge in [0, 0.05) is 11.8 Å². The number of anilines is 1. The number of amides is 1. The van der Waals surface area contributed by atoms with E-state index in [4.69, 9.17) is 5.11 Å². The summed E-state index contributed by atoms with van der Waals surface area (Å²) in [5.74, 6) is -1.49. The first-order chi connectivity index (χ1) is 10.6. The lowest BCUT2D eigenvalue weighted by molar-refractivity contribution is 0.0698. The van der Waals surface area contributed by atoms with Crippen LogP contribution in [0.5, 0.6) is 0 Å². The van der Waals surface area contributed by atoms with E-state index >= 15 is 0 Å². The van der Waals surface area contributed by atoms with Crippen LogP contribution in [0, 0.1) is 0 Å². The Bertz CT molecular complexity index is 874. The molecule has 5 heteroatoms. The minimum Gasteiger partial charge on any atom is -0.478 e. The minimum atomic E-state index is -1.11. The Morgan fingerprint density at radius 3 is 2.55 bits per heavy atom. The third kappa shape index (κ3) is 2.64. The van der Waals surface area contributed by atoms with Gasteiger partial charge in [0.15, 0.2) is 0 Å². The number of aromatic nitrogens is 1. The van der Waals surface area contributed by atoms with Crippen LogP contribution in [0.1, 0.15) is 20.7 Å². The quantitative estimate of drug-likeness (QED) is 0.777. The van der Waals surface area contributed by atoms with Gasteiger partial charge in [-0.2, -0.15) is 0 Å². The van der Waals surface area contributed by atoms with E-state index in [1.54, 1.807) is 12.1 Å². The predicted molar refractivity (Wildman–Crippen MR) is 83.1 cm³/mol. The number of hydrogen-bond acceptors (Lipinski definition) is 3. The van der Waals surface area contributed by atoms with E-state index in [2.05, 4.69) is 10.3 Å². The first kappa shape index (κ1) is 13.8. The van der Waals surface area contributed by atoms with E-state index in [1.165, 1.54) is 18.5 Å². The number of carboxylic acids is 1. The van der Waals surface area contributed by atoms with E-state index in [9.17, 15) is 9.59 Å². The number of rotatable bonds is 3. The summed E-state index contributed by atoms with van der Waals surface area (Å²) in [5, 5.41) is 13.7. The smallest absolute Gasteiger partial charge is 0.337 e. The molecule has 0 fully saturated rings. The molecule has 0 atom stereocenters. The molecule has 0 saturated carbocycles. The van der Waals surface area contributed by atoms with Crippen molar-refractivity contribution >= 4 is 28.3 Å². The van der Waals surface area contributed by atoms with Crippen molar-refractivity contribution in [2.24, 2.45) is 0 Å². The first-order valence-electron chi connectivity index (χ1n) is 6.62. The summed E-state index contributed by atoms with van der Waals surface area (Å²) < 4.78 is 0. The largest absolute Gasteiger partial charge is 0.478 e. The van der Waals surface area contributed by atoms with Gasteiger partial charge in [-0.15, -0.1) is 0 Å². The standard InChI is InChI=1S/C17H12N2O3/c20-16(19-15-10-18-8-7-14(15)17(21)22)13-6-5-11-3-1-2-4-12(11)9-13/h1-10H,(H,19,20)(H,21,22). The average Bonchev–Trinajstić information content (AvgIpc) is 2.54. The average molecular weight is 292 g/mol. The van der Waals surface area contributed by atoms with Crippen LogP contribution >= 0.6 is 0 Å². The minimum absolute atomic E-state index is 0.00383. The summed E-state index contributed by atoms with van der Waals surface area (Å²) in [7, 11) is 0. The zero-order chi connectivity index (χ0) is 15.5. The van der Waals surface area contributed by atoms with Crippen molar-refractivity contribution in [2.75, 3.05) is 5.32 Å². The van der Waals surface area contributed by atoms with Gasteiger partial charge < -0.3 is 10.4 Å². The number of benzene rings is 2. The Balaban J connectivity index is 1.92. The van der Waals surface area contributed by atoms with Crippen LogP contribution in [-0.4, -0.2) is 22.0 Å². The molecule has 3 rings (SSSR count). The molecule has 0 bridgehead atoms. The fourth-order valence-electron chi connectivity index (χ4n) is 2.21. The first-order valence-corrected chi connectivity index (χ1v) is 6.62. The molecular weight excluding hydrogens is 280 g/mol. The van der Waals surface area contributed by atoms with Gasteiger partial charge in [0.05, 0.1) is 17.4 Å². The molecule has 0 unspecified atom stereocenters. The Morgan fingerprint density at radius 1 is 1.00 bits per heavy atom. The fourth-order valence-corrected chi connectivity index (χ4v) is 2.21. The highest BCUT2D eigenvalue weighted by Gasteiger charge is 2.13. The van der Waals surface area contributed by atoms with Crippen molar-refractivity contribution in [2.45, 2.75) is 0 Å². The van der Waals surface area contributed by atoms with E-state index < -0.39 is 5.97 Å². The molecule has 3 aromatic rings. The zero-order valence-electron chi connectivity index (χ0n) is 11.5. The molecule has 1 amide bonds. The van der Waals surface area contributed by atoms with Crippen molar-refractivity contribution in [1.29, 1.82) is 0 Å². The van der Waals surface area contributed by atoms with Gasteiger partial charge in [0.25, 0.3) is 5.91 Å². The molecule has 0 aliphatic rings. The van der Waals surface area contributed by atoms with Gasteiger partial charge in [-0.3, -0.25) is 9.78 Å². The summed E-state index contributed by atoms with van der Waals surface area (Å²) in [6.45, 7) is 0. The Hall–Kier alpha value is -3.21. The van der Waals surface area contributed by atoms with Crippen molar-refractivity contribution in [3.05, 3.63) is 72.1 Å². The number of carbonyl (C=O) groups is 2. The third-order valence-electron chi connectivity index (χ3n) is 3.31. The maximum absolute atomic E-state index is 12.3. The normalized spacial score (nSPS) is 10.4. The van der Waals surface area contributed by atoms with Crippen LogP contribution in [0.2, 0.25) is 0 Å². The molecule has 2 aromatic carbocycles. The predicted octanol–water partition coefficient (Wildman–Crippen LogP) is 3.19. The van der Waals surface area contributed by atoms with Gasteiger partial charge >= 0.3 is 5.97 Å². The van der Waals surface area contributed by atoms with Crippen molar-refractivity contribution in [3.63, 3.8) is 0 Å². The second-order valence-corrected chi connectivity index (χ2v) is 4.74. The third-order valence-corrected chi connectivity index (χ3v) is 3.31. The lowest BCUT2D eigenvalue weighted by Gasteiger charge is -2.08. The topological polar surface area (TPSA) is 79.3 Å². The van der Waals surface area contributed by atoms with Crippen molar-refractivity contribution < 1.29 is 14.7 Å². The fraction of sp³-hybridized carbons (Fsp3) is 0. The molecule has 1 heterocycles. The Labute approximate surface area is 126 Å².